The molecule has 1 amide bonds. The third-order valence-corrected chi connectivity index (χ3v) is 5.07. The summed E-state index contributed by atoms with van der Waals surface area (Å²) in [5.74, 6) is -0.116. The molecule has 0 aliphatic carbocycles. The molecule has 0 fully saturated rings. The first-order valence-corrected chi connectivity index (χ1v) is 9.44. The summed E-state index contributed by atoms with van der Waals surface area (Å²) in [6.07, 6.45) is 0. The second-order valence-corrected chi connectivity index (χ2v) is 6.71. The molecule has 0 atom stereocenters. The number of thiazole rings is 1. The summed E-state index contributed by atoms with van der Waals surface area (Å²) >= 11 is 1.33. The second kappa shape index (κ2) is 8.71. The lowest BCUT2D eigenvalue weighted by molar-refractivity contribution is -0.143. The molecule has 0 saturated heterocycles. The third kappa shape index (κ3) is 3.91. The number of methoxy groups -OCH3 is 2. The van der Waals surface area contributed by atoms with Crippen LogP contribution >= 0.6 is 11.3 Å². The number of hydrogen-bond acceptors (Lipinski definition) is 6. The van der Waals surface area contributed by atoms with E-state index in [0.29, 0.717) is 16.3 Å². The summed E-state index contributed by atoms with van der Waals surface area (Å²) < 4.78 is 18.2. The maximum absolute atomic E-state index is 12.9. The van der Waals surface area contributed by atoms with E-state index in [-0.39, 0.29) is 24.7 Å². The zero-order valence-electron chi connectivity index (χ0n) is 15.8. The van der Waals surface area contributed by atoms with Crippen LogP contribution in [-0.4, -0.2) is 37.3 Å². The van der Waals surface area contributed by atoms with Gasteiger partial charge >= 0.3 is 5.97 Å². The number of carbonyl (C=O) groups is 2. The fraction of sp³-hybridized carbons (Fsp3) is 0.250. The molecule has 1 heterocycles. The molecule has 3 rings (SSSR count). The summed E-state index contributed by atoms with van der Waals surface area (Å²) in [6, 6.07) is 12.6. The fourth-order valence-corrected chi connectivity index (χ4v) is 3.83. The molecule has 0 bridgehead atoms. The van der Waals surface area contributed by atoms with Crippen molar-refractivity contribution in [3.05, 3.63) is 52.8 Å². The van der Waals surface area contributed by atoms with E-state index >= 15 is 0 Å². The van der Waals surface area contributed by atoms with Gasteiger partial charge in [-0.1, -0.05) is 29.5 Å². The Labute approximate surface area is 165 Å². The van der Waals surface area contributed by atoms with Gasteiger partial charge in [-0.05, 0) is 31.2 Å². The maximum Gasteiger partial charge on any atom is 0.326 e. The van der Waals surface area contributed by atoms with Crippen molar-refractivity contribution in [2.45, 2.75) is 13.5 Å². The first kappa shape index (κ1) is 19.6. The molecular weight excluding hydrogens is 380 g/mol. The molecule has 2 aromatic carbocycles. The van der Waals surface area contributed by atoms with Gasteiger partial charge in [-0.25, -0.2) is 0 Å². The van der Waals surface area contributed by atoms with Crippen molar-refractivity contribution < 1.29 is 23.8 Å². The van der Waals surface area contributed by atoms with E-state index in [9.17, 15) is 9.59 Å². The summed E-state index contributed by atoms with van der Waals surface area (Å²) in [6.45, 7) is 2.01. The summed E-state index contributed by atoms with van der Waals surface area (Å²) in [5, 5.41) is 0. The highest BCUT2D eigenvalue weighted by Crippen LogP contribution is 2.31. The average molecular weight is 400 g/mol. The summed E-state index contributed by atoms with van der Waals surface area (Å²) in [7, 11) is 2.97. The van der Waals surface area contributed by atoms with Crippen LogP contribution in [-0.2, 0) is 16.1 Å². The minimum Gasteiger partial charge on any atom is -0.493 e. The molecule has 3 aromatic rings. The van der Waals surface area contributed by atoms with Gasteiger partial charge in [0.1, 0.15) is 6.54 Å². The van der Waals surface area contributed by atoms with Gasteiger partial charge in [-0.15, -0.1) is 0 Å². The van der Waals surface area contributed by atoms with Gasteiger partial charge in [-0.2, -0.15) is 4.99 Å². The fourth-order valence-electron chi connectivity index (χ4n) is 2.80. The highest BCUT2D eigenvalue weighted by atomic mass is 32.1. The van der Waals surface area contributed by atoms with Crippen molar-refractivity contribution in [3.63, 3.8) is 0 Å². The Bertz CT molecular complexity index is 1080. The molecule has 0 N–H and O–H groups in total. The van der Waals surface area contributed by atoms with Crippen LogP contribution in [0.3, 0.4) is 0 Å². The predicted octanol–water partition coefficient (Wildman–Crippen LogP) is 3.02. The van der Waals surface area contributed by atoms with Crippen molar-refractivity contribution >= 4 is 33.4 Å². The number of amides is 1. The van der Waals surface area contributed by atoms with Crippen LogP contribution in [0.25, 0.3) is 10.2 Å². The van der Waals surface area contributed by atoms with Crippen molar-refractivity contribution in [1.82, 2.24) is 4.57 Å². The summed E-state index contributed by atoms with van der Waals surface area (Å²) in [4.78, 5) is 29.6. The van der Waals surface area contributed by atoms with E-state index in [1.807, 2.05) is 24.3 Å². The normalized spacial score (nSPS) is 11.5. The molecule has 0 saturated carbocycles. The van der Waals surface area contributed by atoms with Gasteiger partial charge in [-0.3, -0.25) is 9.59 Å². The molecule has 0 spiro atoms. The van der Waals surface area contributed by atoms with Crippen molar-refractivity contribution in [2.75, 3.05) is 20.8 Å². The number of esters is 1. The Hall–Kier alpha value is -3.13. The molecule has 0 aliphatic rings. The van der Waals surface area contributed by atoms with E-state index in [1.165, 1.54) is 25.6 Å². The Morgan fingerprint density at radius 2 is 1.86 bits per heavy atom. The molecule has 0 radical (unpaired) electrons. The lowest BCUT2D eigenvalue weighted by atomic mass is 10.2. The zero-order chi connectivity index (χ0) is 20.1. The summed E-state index contributed by atoms with van der Waals surface area (Å²) in [5.41, 5.74) is 1.09. The van der Waals surface area contributed by atoms with Crippen molar-refractivity contribution in [1.29, 1.82) is 0 Å². The van der Waals surface area contributed by atoms with Crippen LogP contribution < -0.4 is 14.3 Å². The first-order chi connectivity index (χ1) is 13.6. The average Bonchev–Trinajstić information content (AvgIpc) is 3.04. The largest absolute Gasteiger partial charge is 0.493 e. The predicted molar refractivity (Wildman–Crippen MR) is 106 cm³/mol. The van der Waals surface area contributed by atoms with Crippen molar-refractivity contribution in [3.8, 4) is 11.5 Å². The number of aromatic nitrogens is 1. The topological polar surface area (TPSA) is 79.1 Å². The minimum absolute atomic E-state index is 0.0286. The van der Waals surface area contributed by atoms with Crippen LogP contribution in [0.4, 0.5) is 0 Å². The first-order valence-electron chi connectivity index (χ1n) is 8.63. The molecule has 0 aliphatic heterocycles. The standard InChI is InChI=1S/C20H20N2O5S/c1-4-27-17(23)12-22-14-9-5-6-11-16(14)28-20(22)21-19(24)13-8-7-10-15(25-2)18(13)26-3/h5-11H,4,12H2,1-3H3. The zero-order valence-corrected chi connectivity index (χ0v) is 16.6. The quantitative estimate of drug-likeness (QED) is 0.594. The van der Waals surface area contributed by atoms with Crippen LogP contribution in [0.15, 0.2) is 47.5 Å². The van der Waals surface area contributed by atoms with E-state index in [1.54, 1.807) is 29.7 Å². The number of fused-ring (bicyclic) bond motifs is 1. The maximum atomic E-state index is 12.9. The third-order valence-electron chi connectivity index (χ3n) is 4.01. The number of carbonyl (C=O) groups excluding carboxylic acids is 2. The van der Waals surface area contributed by atoms with Crippen molar-refractivity contribution in [2.24, 2.45) is 4.99 Å². The van der Waals surface area contributed by atoms with E-state index in [2.05, 4.69) is 4.99 Å². The Morgan fingerprint density at radius 1 is 1.07 bits per heavy atom. The number of ether oxygens (including phenoxy) is 3. The molecule has 1 aromatic heterocycles. The molecular formula is C20H20N2O5S. The number of benzene rings is 2. The van der Waals surface area contributed by atoms with Crippen LogP contribution in [0.5, 0.6) is 11.5 Å². The van der Waals surface area contributed by atoms with Gasteiger partial charge in [0.05, 0.1) is 36.6 Å². The Kier molecular flexibility index (Phi) is 6.10. The monoisotopic (exact) mass is 400 g/mol. The van der Waals surface area contributed by atoms with Gasteiger partial charge in [0.15, 0.2) is 16.3 Å². The minimum atomic E-state index is -0.486. The highest BCUT2D eigenvalue weighted by Gasteiger charge is 2.17. The Morgan fingerprint density at radius 3 is 2.57 bits per heavy atom. The molecule has 8 heteroatoms. The lowest BCUT2D eigenvalue weighted by Gasteiger charge is -2.10. The Balaban J connectivity index is 2.11. The van der Waals surface area contributed by atoms with Gasteiger partial charge < -0.3 is 18.8 Å². The molecule has 0 unspecified atom stereocenters. The van der Waals surface area contributed by atoms with Gasteiger partial charge in [0, 0.05) is 0 Å². The molecule has 7 nitrogen and oxygen atoms in total. The highest BCUT2D eigenvalue weighted by molar-refractivity contribution is 7.16. The lowest BCUT2D eigenvalue weighted by Crippen LogP contribution is -2.23. The second-order valence-electron chi connectivity index (χ2n) is 5.70. The van der Waals surface area contributed by atoms with Crippen LogP contribution in [0.1, 0.15) is 17.3 Å². The van der Waals surface area contributed by atoms with Gasteiger partial charge in [0.25, 0.3) is 5.91 Å². The number of hydrogen-bond donors (Lipinski definition) is 0. The smallest absolute Gasteiger partial charge is 0.326 e. The van der Waals surface area contributed by atoms with Crippen LogP contribution in [0, 0.1) is 0 Å². The number of rotatable bonds is 6. The number of para-hydroxylation sites is 2. The number of nitrogens with zero attached hydrogens (tertiary/aromatic N) is 2. The molecule has 146 valence electrons. The van der Waals surface area contributed by atoms with E-state index in [4.69, 9.17) is 14.2 Å². The van der Waals surface area contributed by atoms with E-state index in [0.717, 1.165) is 10.2 Å². The van der Waals surface area contributed by atoms with Crippen LogP contribution in [0.2, 0.25) is 0 Å². The van der Waals surface area contributed by atoms with E-state index < -0.39 is 5.91 Å². The molecule has 28 heavy (non-hydrogen) atoms. The SMILES string of the molecule is CCOC(=O)Cn1c(=NC(=O)c2cccc(OC)c2OC)sc2ccccc21. The van der Waals surface area contributed by atoms with Gasteiger partial charge in [0.2, 0.25) is 0 Å².